The molecule has 0 saturated carbocycles. The molecule has 0 bridgehead atoms. The summed E-state index contributed by atoms with van der Waals surface area (Å²) >= 11 is 0. The highest BCUT2D eigenvalue weighted by molar-refractivity contribution is 7.89. The quantitative estimate of drug-likeness (QED) is 0.866. The van der Waals surface area contributed by atoms with Crippen LogP contribution in [0, 0.1) is 18.3 Å². The largest absolute Gasteiger partial charge is 0.260 e. The number of hydrogen-bond acceptors (Lipinski definition) is 4. The topological polar surface area (TPSA) is 74.1 Å². The molecule has 0 radical (unpaired) electrons. The highest BCUT2D eigenvalue weighted by atomic mass is 32.2. The van der Waals surface area contributed by atoms with Crippen molar-refractivity contribution in [2.75, 3.05) is 7.05 Å². The average molecular weight is 301 g/mol. The lowest BCUT2D eigenvalue weighted by molar-refractivity contribution is 0.461. The first-order valence-corrected chi connectivity index (χ1v) is 7.76. The number of hydrogen-bond donors (Lipinski definition) is 0. The Morgan fingerprint density at radius 2 is 2.05 bits per heavy atom. The maximum Gasteiger partial charge on any atom is 0.243 e. The molecule has 1 heterocycles. The van der Waals surface area contributed by atoms with Crippen molar-refractivity contribution >= 4 is 10.0 Å². The number of nitriles is 1. The van der Waals surface area contributed by atoms with Gasteiger partial charge in [-0.05, 0) is 36.8 Å². The van der Waals surface area contributed by atoms with E-state index in [4.69, 9.17) is 5.26 Å². The van der Waals surface area contributed by atoms with E-state index in [-0.39, 0.29) is 11.4 Å². The van der Waals surface area contributed by atoms with Crippen molar-refractivity contribution in [2.24, 2.45) is 0 Å². The molecular formula is C15H15N3O2S. The third-order valence-electron chi connectivity index (χ3n) is 3.12. The molecule has 0 amide bonds. The van der Waals surface area contributed by atoms with Crippen molar-refractivity contribution in [3.8, 4) is 6.07 Å². The second kappa shape index (κ2) is 6.04. The van der Waals surface area contributed by atoms with E-state index in [2.05, 4.69) is 4.98 Å². The number of nitrogens with zero attached hydrogens (tertiary/aromatic N) is 3. The highest BCUT2D eigenvalue weighted by Gasteiger charge is 2.23. The summed E-state index contributed by atoms with van der Waals surface area (Å²) in [5.74, 6) is 0. The Labute approximate surface area is 124 Å². The third kappa shape index (κ3) is 3.27. The Bertz CT molecular complexity index is 780. The van der Waals surface area contributed by atoms with E-state index in [1.807, 2.05) is 12.1 Å². The monoisotopic (exact) mass is 301 g/mol. The molecule has 0 aliphatic rings. The second-order valence-electron chi connectivity index (χ2n) is 4.67. The zero-order valence-corrected chi connectivity index (χ0v) is 12.6. The lowest BCUT2D eigenvalue weighted by Crippen LogP contribution is -2.27. The van der Waals surface area contributed by atoms with Crippen molar-refractivity contribution in [3.05, 3.63) is 59.4 Å². The fourth-order valence-electron chi connectivity index (χ4n) is 1.92. The van der Waals surface area contributed by atoms with Gasteiger partial charge in [0.05, 0.1) is 28.8 Å². The van der Waals surface area contributed by atoms with Crippen LogP contribution in [0.3, 0.4) is 0 Å². The molecule has 0 aliphatic heterocycles. The van der Waals surface area contributed by atoms with Gasteiger partial charge in [-0.15, -0.1) is 0 Å². The van der Waals surface area contributed by atoms with E-state index in [0.717, 1.165) is 0 Å². The van der Waals surface area contributed by atoms with Crippen LogP contribution >= 0.6 is 0 Å². The molecule has 2 rings (SSSR count). The summed E-state index contributed by atoms with van der Waals surface area (Å²) in [7, 11) is -2.16. The van der Waals surface area contributed by atoms with Crippen LogP contribution in [0.5, 0.6) is 0 Å². The van der Waals surface area contributed by atoms with Gasteiger partial charge in [0, 0.05) is 13.2 Å². The summed E-state index contributed by atoms with van der Waals surface area (Å²) < 4.78 is 26.5. The molecular weight excluding hydrogens is 286 g/mol. The summed E-state index contributed by atoms with van der Waals surface area (Å²) in [6, 6.07) is 12.0. The summed E-state index contributed by atoms with van der Waals surface area (Å²) in [5.41, 5.74) is 1.60. The Morgan fingerprint density at radius 1 is 1.29 bits per heavy atom. The van der Waals surface area contributed by atoms with Crippen molar-refractivity contribution in [1.82, 2.24) is 9.29 Å². The smallest absolute Gasteiger partial charge is 0.243 e. The first-order chi connectivity index (χ1) is 9.95. The molecule has 2 aromatic rings. The van der Waals surface area contributed by atoms with Gasteiger partial charge < -0.3 is 0 Å². The molecule has 0 aliphatic carbocycles. The van der Waals surface area contributed by atoms with Crippen molar-refractivity contribution in [2.45, 2.75) is 18.4 Å². The number of aryl methyl sites for hydroxylation is 1. The maximum absolute atomic E-state index is 12.6. The van der Waals surface area contributed by atoms with Gasteiger partial charge in [-0.2, -0.15) is 9.57 Å². The second-order valence-corrected chi connectivity index (χ2v) is 6.69. The van der Waals surface area contributed by atoms with Crippen LogP contribution in [-0.2, 0) is 16.6 Å². The number of benzene rings is 1. The lowest BCUT2D eigenvalue weighted by atomic mass is 10.2. The van der Waals surface area contributed by atoms with Gasteiger partial charge in [0.1, 0.15) is 0 Å². The first kappa shape index (κ1) is 15.2. The van der Waals surface area contributed by atoms with Gasteiger partial charge >= 0.3 is 0 Å². The van der Waals surface area contributed by atoms with E-state index in [1.54, 1.807) is 37.4 Å². The number of rotatable bonds is 4. The molecule has 21 heavy (non-hydrogen) atoms. The molecule has 0 saturated heterocycles. The van der Waals surface area contributed by atoms with Crippen molar-refractivity contribution in [1.29, 1.82) is 5.26 Å². The van der Waals surface area contributed by atoms with Crippen LogP contribution in [0.1, 0.15) is 16.8 Å². The zero-order chi connectivity index (χ0) is 15.5. The molecule has 0 fully saturated rings. The predicted molar refractivity (Wildman–Crippen MR) is 78.8 cm³/mol. The molecule has 6 heteroatoms. The molecule has 0 N–H and O–H groups in total. The van der Waals surface area contributed by atoms with E-state index in [0.29, 0.717) is 16.8 Å². The third-order valence-corrected chi connectivity index (χ3v) is 5.06. The fourth-order valence-corrected chi connectivity index (χ4v) is 3.31. The van der Waals surface area contributed by atoms with E-state index in [1.165, 1.54) is 17.4 Å². The lowest BCUT2D eigenvalue weighted by Gasteiger charge is -2.18. The summed E-state index contributed by atoms with van der Waals surface area (Å²) in [6.45, 7) is 1.89. The Kier molecular flexibility index (Phi) is 4.36. The molecule has 108 valence electrons. The Hall–Kier alpha value is -2.23. The fraction of sp³-hybridized carbons (Fsp3) is 0.200. The van der Waals surface area contributed by atoms with E-state index >= 15 is 0 Å². The summed E-state index contributed by atoms with van der Waals surface area (Å²) in [5, 5.41) is 8.92. The summed E-state index contributed by atoms with van der Waals surface area (Å²) in [6.07, 6.45) is 1.62. The standard InChI is InChI=1S/C15H15N3O2S/c1-12-6-7-13(10-16)9-15(12)21(19,20)18(2)11-14-5-3-4-8-17-14/h3-9H,11H2,1-2H3. The summed E-state index contributed by atoms with van der Waals surface area (Å²) in [4.78, 5) is 4.28. The molecule has 1 aromatic carbocycles. The molecule has 1 aromatic heterocycles. The van der Waals surface area contributed by atoms with Gasteiger partial charge in [0.25, 0.3) is 0 Å². The average Bonchev–Trinajstić information content (AvgIpc) is 2.48. The van der Waals surface area contributed by atoms with Crippen LogP contribution in [0.15, 0.2) is 47.5 Å². The SMILES string of the molecule is Cc1ccc(C#N)cc1S(=O)(=O)N(C)Cc1ccccn1. The number of pyridine rings is 1. The van der Waals surface area contributed by atoms with Crippen molar-refractivity contribution < 1.29 is 8.42 Å². The zero-order valence-electron chi connectivity index (χ0n) is 11.8. The van der Waals surface area contributed by atoms with Crippen LogP contribution in [-0.4, -0.2) is 24.8 Å². The maximum atomic E-state index is 12.6. The number of sulfonamides is 1. The molecule has 0 spiro atoms. The van der Waals surface area contributed by atoms with Gasteiger partial charge in [0.2, 0.25) is 10.0 Å². The van der Waals surface area contributed by atoms with Gasteiger partial charge in [-0.25, -0.2) is 8.42 Å². The van der Waals surface area contributed by atoms with Gasteiger partial charge in [0.15, 0.2) is 0 Å². The highest BCUT2D eigenvalue weighted by Crippen LogP contribution is 2.21. The molecule has 0 atom stereocenters. The van der Waals surface area contributed by atoms with E-state index in [9.17, 15) is 8.42 Å². The first-order valence-electron chi connectivity index (χ1n) is 6.32. The molecule has 5 nitrogen and oxygen atoms in total. The van der Waals surface area contributed by atoms with Crippen LogP contribution < -0.4 is 0 Å². The van der Waals surface area contributed by atoms with Crippen molar-refractivity contribution in [3.63, 3.8) is 0 Å². The van der Waals surface area contributed by atoms with Crippen LogP contribution in [0.4, 0.5) is 0 Å². The Balaban J connectivity index is 2.36. The minimum Gasteiger partial charge on any atom is -0.260 e. The van der Waals surface area contributed by atoms with Crippen LogP contribution in [0.2, 0.25) is 0 Å². The van der Waals surface area contributed by atoms with Gasteiger partial charge in [-0.3, -0.25) is 4.98 Å². The number of aromatic nitrogens is 1. The minimum atomic E-state index is -3.66. The van der Waals surface area contributed by atoms with Gasteiger partial charge in [-0.1, -0.05) is 12.1 Å². The van der Waals surface area contributed by atoms with Crippen LogP contribution in [0.25, 0.3) is 0 Å². The molecule has 0 unspecified atom stereocenters. The van der Waals surface area contributed by atoms with E-state index < -0.39 is 10.0 Å². The normalized spacial score (nSPS) is 11.3. The minimum absolute atomic E-state index is 0.153. The predicted octanol–water partition coefficient (Wildman–Crippen LogP) is 2.08. The Morgan fingerprint density at radius 3 is 2.67 bits per heavy atom.